The summed E-state index contributed by atoms with van der Waals surface area (Å²) in [6.45, 7) is 1.68. The predicted octanol–water partition coefficient (Wildman–Crippen LogP) is 3.66. The number of aryl methyl sites for hydroxylation is 1. The van der Waals surface area contributed by atoms with Gasteiger partial charge in [0, 0.05) is 10.2 Å². The second-order valence-corrected chi connectivity index (χ2v) is 7.20. The lowest BCUT2D eigenvalue weighted by molar-refractivity contribution is 0.601. The molecular weight excluding hydrogens is 389 g/mol. The van der Waals surface area contributed by atoms with Crippen LogP contribution in [-0.4, -0.2) is 18.4 Å². The minimum atomic E-state index is -3.88. The topological polar surface area (TPSA) is 72.0 Å². The summed E-state index contributed by atoms with van der Waals surface area (Å²) >= 11 is 14.9. The first kappa shape index (κ1) is 15.5. The van der Waals surface area contributed by atoms with Crippen molar-refractivity contribution in [3.63, 3.8) is 0 Å². The van der Waals surface area contributed by atoms with Crippen LogP contribution in [0.4, 0.5) is 5.95 Å². The molecule has 0 fully saturated rings. The number of aromatic nitrogens is 2. The summed E-state index contributed by atoms with van der Waals surface area (Å²) in [7, 11) is -3.88. The molecule has 0 radical (unpaired) electrons. The molecule has 1 aromatic heterocycles. The van der Waals surface area contributed by atoms with Crippen molar-refractivity contribution in [2.45, 2.75) is 11.8 Å². The molecule has 1 heterocycles. The summed E-state index contributed by atoms with van der Waals surface area (Å²) in [6.07, 6.45) is 0. The van der Waals surface area contributed by atoms with Gasteiger partial charge in [-0.25, -0.2) is 23.1 Å². The van der Waals surface area contributed by atoms with Gasteiger partial charge in [-0.1, -0.05) is 39.1 Å². The lowest BCUT2D eigenvalue weighted by atomic mass is 10.4. The third kappa shape index (κ3) is 3.60. The van der Waals surface area contributed by atoms with Gasteiger partial charge in [0.15, 0.2) is 0 Å². The number of benzene rings is 1. The largest absolute Gasteiger partial charge is 0.265 e. The Morgan fingerprint density at radius 3 is 2.50 bits per heavy atom. The molecule has 0 saturated heterocycles. The highest BCUT2D eigenvalue weighted by Gasteiger charge is 2.19. The van der Waals surface area contributed by atoms with Gasteiger partial charge >= 0.3 is 0 Å². The molecule has 0 aliphatic carbocycles. The van der Waals surface area contributed by atoms with Crippen LogP contribution in [0.5, 0.6) is 0 Å². The third-order valence-electron chi connectivity index (χ3n) is 2.23. The van der Waals surface area contributed by atoms with Crippen molar-refractivity contribution < 1.29 is 8.42 Å². The summed E-state index contributed by atoms with van der Waals surface area (Å²) in [5.74, 6) is -0.103. The number of nitrogens with one attached hydrogen (secondary N) is 1. The maximum Gasteiger partial charge on any atom is 0.265 e. The van der Waals surface area contributed by atoms with E-state index in [1.165, 1.54) is 18.2 Å². The molecule has 1 aromatic carbocycles. The second-order valence-electron chi connectivity index (χ2n) is 3.84. The monoisotopic (exact) mass is 395 g/mol. The van der Waals surface area contributed by atoms with Crippen molar-refractivity contribution in [1.29, 1.82) is 0 Å². The second kappa shape index (κ2) is 5.85. The Balaban J connectivity index is 2.40. The van der Waals surface area contributed by atoms with Gasteiger partial charge in [-0.05, 0) is 31.2 Å². The van der Waals surface area contributed by atoms with Gasteiger partial charge in [0.25, 0.3) is 10.0 Å². The molecule has 2 aromatic rings. The molecule has 20 heavy (non-hydrogen) atoms. The first-order valence-electron chi connectivity index (χ1n) is 5.27. The Morgan fingerprint density at radius 1 is 1.20 bits per heavy atom. The Bertz CT molecular complexity index is 748. The Kier molecular flexibility index (Phi) is 4.53. The van der Waals surface area contributed by atoms with E-state index in [-0.39, 0.29) is 21.0 Å². The van der Waals surface area contributed by atoms with Crippen LogP contribution in [0.3, 0.4) is 0 Å². The number of anilines is 1. The van der Waals surface area contributed by atoms with Crippen molar-refractivity contribution in [1.82, 2.24) is 9.97 Å². The van der Waals surface area contributed by atoms with Crippen LogP contribution in [0.2, 0.25) is 10.2 Å². The van der Waals surface area contributed by atoms with Crippen molar-refractivity contribution in [3.05, 3.63) is 44.6 Å². The van der Waals surface area contributed by atoms with E-state index in [1.807, 2.05) is 0 Å². The van der Waals surface area contributed by atoms with Crippen LogP contribution in [0, 0.1) is 6.92 Å². The van der Waals surface area contributed by atoms with E-state index in [2.05, 4.69) is 30.6 Å². The summed E-state index contributed by atoms with van der Waals surface area (Å²) in [6, 6.07) is 5.96. The minimum absolute atomic E-state index is 0.0661. The highest BCUT2D eigenvalue weighted by molar-refractivity contribution is 9.10. The van der Waals surface area contributed by atoms with Gasteiger partial charge in [-0.3, -0.25) is 0 Å². The highest BCUT2D eigenvalue weighted by Crippen LogP contribution is 2.26. The SMILES string of the molecule is Cc1cc(Cl)nc(NS(=O)(=O)c2ccc(Br)cc2Cl)n1. The van der Waals surface area contributed by atoms with Gasteiger partial charge in [0.05, 0.1) is 5.02 Å². The first-order valence-corrected chi connectivity index (χ1v) is 8.30. The lowest BCUT2D eigenvalue weighted by Gasteiger charge is -2.09. The normalized spacial score (nSPS) is 11.4. The van der Waals surface area contributed by atoms with Crippen LogP contribution in [0.1, 0.15) is 5.69 Å². The quantitative estimate of drug-likeness (QED) is 0.803. The van der Waals surface area contributed by atoms with Crippen molar-refractivity contribution in [2.24, 2.45) is 0 Å². The lowest BCUT2D eigenvalue weighted by Crippen LogP contribution is -2.15. The Morgan fingerprint density at radius 2 is 1.90 bits per heavy atom. The molecular formula is C11H8BrCl2N3O2S. The summed E-state index contributed by atoms with van der Waals surface area (Å²) in [5, 5.41) is 0.239. The number of sulfonamides is 1. The zero-order valence-corrected chi connectivity index (χ0v) is 14.0. The molecule has 1 N–H and O–H groups in total. The van der Waals surface area contributed by atoms with E-state index in [4.69, 9.17) is 23.2 Å². The fourth-order valence-corrected chi connectivity index (χ4v) is 3.66. The van der Waals surface area contributed by atoms with Gasteiger partial charge in [-0.15, -0.1) is 0 Å². The molecule has 0 bridgehead atoms. The van der Waals surface area contributed by atoms with E-state index in [9.17, 15) is 8.42 Å². The molecule has 2 rings (SSSR count). The zero-order valence-electron chi connectivity index (χ0n) is 10.1. The summed E-state index contributed by atoms with van der Waals surface area (Å²) in [5.41, 5.74) is 0.546. The molecule has 106 valence electrons. The Labute approximate surface area is 134 Å². The minimum Gasteiger partial charge on any atom is -0.247 e. The molecule has 0 amide bonds. The third-order valence-corrected chi connectivity index (χ3v) is 4.73. The number of nitrogens with zero attached hydrogens (tertiary/aromatic N) is 2. The van der Waals surface area contributed by atoms with Gasteiger partial charge in [0.1, 0.15) is 10.0 Å². The number of halogens is 3. The molecule has 0 aliphatic rings. The molecule has 0 aliphatic heterocycles. The molecule has 0 unspecified atom stereocenters. The van der Waals surface area contributed by atoms with Crippen LogP contribution in [-0.2, 0) is 10.0 Å². The molecule has 0 atom stereocenters. The van der Waals surface area contributed by atoms with Crippen LogP contribution >= 0.6 is 39.1 Å². The van der Waals surface area contributed by atoms with E-state index in [0.717, 1.165) is 0 Å². The number of hydrogen-bond donors (Lipinski definition) is 1. The zero-order chi connectivity index (χ0) is 14.9. The molecule has 5 nitrogen and oxygen atoms in total. The average molecular weight is 397 g/mol. The van der Waals surface area contributed by atoms with Crippen molar-refractivity contribution >= 4 is 55.1 Å². The summed E-state index contributed by atoms with van der Waals surface area (Å²) < 4.78 is 27.4. The van der Waals surface area contributed by atoms with Gasteiger partial charge < -0.3 is 0 Å². The standard InChI is InChI=1S/C11H8BrCl2N3O2S/c1-6-4-10(14)16-11(15-6)17-20(18,19)9-3-2-7(12)5-8(9)13/h2-5H,1H3,(H,15,16,17). The average Bonchev–Trinajstić information content (AvgIpc) is 2.25. The smallest absolute Gasteiger partial charge is 0.247 e. The number of rotatable bonds is 3. The van der Waals surface area contributed by atoms with Gasteiger partial charge in [-0.2, -0.15) is 0 Å². The Hall–Kier alpha value is -0.890. The van der Waals surface area contributed by atoms with Crippen molar-refractivity contribution in [2.75, 3.05) is 4.72 Å². The van der Waals surface area contributed by atoms with Crippen molar-refractivity contribution in [3.8, 4) is 0 Å². The maximum atomic E-state index is 12.2. The maximum absolute atomic E-state index is 12.2. The van der Waals surface area contributed by atoms with E-state index < -0.39 is 10.0 Å². The van der Waals surface area contributed by atoms with E-state index >= 15 is 0 Å². The fourth-order valence-electron chi connectivity index (χ4n) is 1.44. The molecule has 0 spiro atoms. The van der Waals surface area contributed by atoms with E-state index in [1.54, 1.807) is 13.0 Å². The number of hydrogen-bond acceptors (Lipinski definition) is 4. The fraction of sp³-hybridized carbons (Fsp3) is 0.0909. The van der Waals surface area contributed by atoms with Crippen LogP contribution in [0.25, 0.3) is 0 Å². The molecule has 0 saturated carbocycles. The summed E-state index contributed by atoms with van der Waals surface area (Å²) in [4.78, 5) is 7.69. The van der Waals surface area contributed by atoms with Crippen LogP contribution in [0.15, 0.2) is 33.6 Å². The molecule has 9 heteroatoms. The predicted molar refractivity (Wildman–Crippen MR) is 81.7 cm³/mol. The highest BCUT2D eigenvalue weighted by atomic mass is 79.9. The van der Waals surface area contributed by atoms with Crippen LogP contribution < -0.4 is 4.72 Å². The van der Waals surface area contributed by atoms with Gasteiger partial charge in [0.2, 0.25) is 5.95 Å². The first-order chi connectivity index (χ1) is 9.28. The van der Waals surface area contributed by atoms with E-state index in [0.29, 0.717) is 10.2 Å².